The third-order valence-corrected chi connectivity index (χ3v) is 4.48. The summed E-state index contributed by atoms with van der Waals surface area (Å²) in [5.41, 5.74) is 0. The summed E-state index contributed by atoms with van der Waals surface area (Å²) in [5.74, 6) is -3.49. The minimum Gasteiger partial charge on any atom is -0.481 e. The van der Waals surface area contributed by atoms with Crippen molar-refractivity contribution in [3.63, 3.8) is 0 Å². The minimum absolute atomic E-state index is 0.0707. The molecule has 0 spiro atoms. The topological polar surface area (TPSA) is 118 Å². The molecule has 2 N–H and O–H groups in total. The maximum atomic E-state index is 11.1. The quantitative estimate of drug-likeness (QED) is 0.480. The molecule has 0 amide bonds. The van der Waals surface area contributed by atoms with E-state index in [9.17, 15) is 19.2 Å². The second-order valence-electron chi connectivity index (χ2n) is 6.68. The van der Waals surface area contributed by atoms with Crippen LogP contribution in [0.25, 0.3) is 0 Å². The van der Waals surface area contributed by atoms with Gasteiger partial charge in [0.15, 0.2) is 0 Å². The Morgan fingerprint density at radius 2 is 1.68 bits per heavy atom. The summed E-state index contributed by atoms with van der Waals surface area (Å²) in [7, 11) is 0. The van der Waals surface area contributed by atoms with Gasteiger partial charge in [0.05, 0.1) is 24.7 Å². The zero-order valence-corrected chi connectivity index (χ0v) is 15.5. The number of carbonyl (C=O) groups is 4. The average molecular weight is 358 g/mol. The Morgan fingerprint density at radius 3 is 2.04 bits per heavy atom. The number of carbonyl (C=O) groups excluding carboxylic acids is 2. The highest BCUT2D eigenvalue weighted by atomic mass is 16.6. The highest BCUT2D eigenvalue weighted by Crippen LogP contribution is 2.27. The van der Waals surface area contributed by atoms with E-state index in [1.54, 1.807) is 6.92 Å². The molecule has 0 aromatic heterocycles. The van der Waals surface area contributed by atoms with Crippen LogP contribution < -0.4 is 0 Å². The molecule has 4 atom stereocenters. The van der Waals surface area contributed by atoms with Crippen molar-refractivity contribution < 1.29 is 34.1 Å². The summed E-state index contributed by atoms with van der Waals surface area (Å²) < 4.78 is 4.46. The summed E-state index contributed by atoms with van der Waals surface area (Å²) in [6.45, 7) is 7.80. The van der Waals surface area contributed by atoms with Gasteiger partial charge in [0.2, 0.25) is 0 Å². The Morgan fingerprint density at radius 1 is 1.12 bits per heavy atom. The monoisotopic (exact) mass is 358 g/mol. The molecule has 0 aromatic rings. The molecule has 1 saturated heterocycles. The van der Waals surface area contributed by atoms with Crippen LogP contribution >= 0.6 is 0 Å². The lowest BCUT2D eigenvalue weighted by molar-refractivity contribution is -0.153. The van der Waals surface area contributed by atoms with Crippen LogP contribution in [0.4, 0.5) is 0 Å². The molecular weight excluding hydrogens is 328 g/mol. The van der Waals surface area contributed by atoms with Crippen molar-refractivity contribution in [2.24, 2.45) is 23.7 Å². The number of esters is 2. The predicted molar refractivity (Wildman–Crippen MR) is 90.7 cm³/mol. The minimum atomic E-state index is -1.05. The molecule has 0 aromatic carbocycles. The van der Waals surface area contributed by atoms with Gasteiger partial charge in [0, 0.05) is 0 Å². The number of ether oxygens (including phenoxy) is 1. The molecule has 7 heteroatoms. The summed E-state index contributed by atoms with van der Waals surface area (Å²) in [5, 5.41) is 17.2. The van der Waals surface area contributed by atoms with Crippen LogP contribution in [0.5, 0.6) is 0 Å². The van der Waals surface area contributed by atoms with Gasteiger partial charge in [-0.3, -0.25) is 19.2 Å². The predicted octanol–water partition coefficient (Wildman–Crippen LogP) is 3.11. The molecule has 4 unspecified atom stereocenters. The van der Waals surface area contributed by atoms with Crippen LogP contribution in [0.3, 0.4) is 0 Å². The molecule has 0 bridgehead atoms. The summed E-state index contributed by atoms with van der Waals surface area (Å²) >= 11 is 0. The number of hydrogen-bond donors (Lipinski definition) is 2. The number of hydrogen-bond acceptors (Lipinski definition) is 5. The maximum Gasteiger partial charge on any atom is 0.317 e. The van der Waals surface area contributed by atoms with E-state index in [2.05, 4.69) is 11.7 Å². The van der Waals surface area contributed by atoms with Crippen LogP contribution in [0.15, 0.2) is 0 Å². The van der Waals surface area contributed by atoms with Crippen molar-refractivity contribution >= 4 is 23.9 Å². The number of aliphatic carboxylic acids is 2. The molecule has 0 aliphatic carbocycles. The van der Waals surface area contributed by atoms with Gasteiger partial charge >= 0.3 is 23.9 Å². The zero-order valence-electron chi connectivity index (χ0n) is 15.5. The fraction of sp³-hybridized carbons (Fsp3) is 0.778. The second-order valence-corrected chi connectivity index (χ2v) is 6.68. The molecule has 1 rings (SSSR count). The van der Waals surface area contributed by atoms with Crippen LogP contribution in [-0.4, -0.2) is 34.1 Å². The fourth-order valence-corrected chi connectivity index (χ4v) is 2.96. The fourth-order valence-electron chi connectivity index (χ4n) is 2.96. The third-order valence-electron chi connectivity index (χ3n) is 4.48. The lowest BCUT2D eigenvalue weighted by Gasteiger charge is -2.17. The van der Waals surface area contributed by atoms with Gasteiger partial charge in [-0.2, -0.15) is 0 Å². The Balaban J connectivity index is 0.000000462. The van der Waals surface area contributed by atoms with E-state index in [4.69, 9.17) is 10.2 Å². The van der Waals surface area contributed by atoms with Crippen LogP contribution in [0.1, 0.15) is 66.2 Å². The lowest BCUT2D eigenvalue weighted by atomic mass is 9.88. The Bertz CT molecular complexity index is 472. The SMILES string of the molecule is CCCC(C)C(CC(=O)O)C(=O)O.CCCC(C)C1CC(=O)OC1=O. The second kappa shape index (κ2) is 11.6. The smallest absolute Gasteiger partial charge is 0.317 e. The van der Waals surface area contributed by atoms with Crippen LogP contribution in [-0.2, 0) is 23.9 Å². The zero-order chi connectivity index (χ0) is 19.6. The Kier molecular flexibility index (Phi) is 10.7. The van der Waals surface area contributed by atoms with E-state index >= 15 is 0 Å². The first-order valence-electron chi connectivity index (χ1n) is 8.82. The Hall–Kier alpha value is -1.92. The van der Waals surface area contributed by atoms with E-state index in [0.717, 1.165) is 25.7 Å². The van der Waals surface area contributed by atoms with Crippen molar-refractivity contribution in [3.8, 4) is 0 Å². The summed E-state index contributed by atoms with van der Waals surface area (Å²) in [6, 6.07) is 0. The molecular formula is C18H30O7. The van der Waals surface area contributed by atoms with Gasteiger partial charge in [-0.15, -0.1) is 0 Å². The number of carboxylic acids is 2. The Labute approximate surface area is 148 Å². The number of rotatable bonds is 9. The lowest BCUT2D eigenvalue weighted by Crippen LogP contribution is -2.24. The first kappa shape index (κ1) is 23.1. The molecule has 25 heavy (non-hydrogen) atoms. The molecule has 7 nitrogen and oxygen atoms in total. The van der Waals surface area contributed by atoms with Crippen LogP contribution in [0.2, 0.25) is 0 Å². The first-order chi connectivity index (χ1) is 11.6. The summed E-state index contributed by atoms with van der Waals surface area (Å²) in [6.07, 6.45) is 3.65. The van der Waals surface area contributed by atoms with E-state index in [-0.39, 0.29) is 42.5 Å². The van der Waals surface area contributed by atoms with Gasteiger partial charge in [-0.1, -0.05) is 53.4 Å². The molecule has 1 aliphatic heterocycles. The largest absolute Gasteiger partial charge is 0.481 e. The standard InChI is InChI=1S/C9H16O4.C9H14O3/c1-3-4-6(2)7(9(12)13)5-8(10)11;1-3-4-6(2)7-5-8(10)12-9(7)11/h6-7H,3-5H2,1-2H3,(H,10,11)(H,12,13);6-7H,3-5H2,1-2H3. The van der Waals surface area contributed by atoms with Crippen molar-refractivity contribution in [3.05, 3.63) is 0 Å². The highest BCUT2D eigenvalue weighted by Gasteiger charge is 2.36. The molecule has 1 fully saturated rings. The molecule has 144 valence electrons. The van der Waals surface area contributed by atoms with E-state index in [0.29, 0.717) is 0 Å². The van der Waals surface area contributed by atoms with Crippen molar-refractivity contribution in [2.75, 3.05) is 0 Å². The highest BCUT2D eigenvalue weighted by molar-refractivity contribution is 5.94. The van der Waals surface area contributed by atoms with Crippen molar-refractivity contribution in [1.82, 2.24) is 0 Å². The van der Waals surface area contributed by atoms with E-state index in [1.807, 2.05) is 13.8 Å². The molecule has 0 radical (unpaired) electrons. The third kappa shape index (κ3) is 8.65. The van der Waals surface area contributed by atoms with Crippen molar-refractivity contribution in [2.45, 2.75) is 66.2 Å². The van der Waals surface area contributed by atoms with E-state index in [1.165, 1.54) is 0 Å². The number of cyclic esters (lactones) is 2. The number of carboxylic acid groups (broad SMARTS) is 2. The molecule has 0 saturated carbocycles. The van der Waals surface area contributed by atoms with Gasteiger partial charge in [0.1, 0.15) is 0 Å². The average Bonchev–Trinajstić information content (AvgIpc) is 2.84. The normalized spacial score (nSPS) is 20.1. The van der Waals surface area contributed by atoms with Crippen LogP contribution in [0, 0.1) is 23.7 Å². The van der Waals surface area contributed by atoms with Crippen molar-refractivity contribution in [1.29, 1.82) is 0 Å². The maximum absolute atomic E-state index is 11.1. The van der Waals surface area contributed by atoms with Gasteiger partial charge < -0.3 is 14.9 Å². The van der Waals surface area contributed by atoms with E-state index < -0.39 is 17.9 Å². The van der Waals surface area contributed by atoms with Gasteiger partial charge in [-0.05, 0) is 11.8 Å². The van der Waals surface area contributed by atoms with Gasteiger partial charge in [0.25, 0.3) is 0 Å². The summed E-state index contributed by atoms with van der Waals surface area (Å²) in [4.78, 5) is 42.8. The molecule has 1 heterocycles. The first-order valence-corrected chi connectivity index (χ1v) is 8.82. The van der Waals surface area contributed by atoms with Gasteiger partial charge in [-0.25, -0.2) is 0 Å². The molecule has 1 aliphatic rings.